The van der Waals surface area contributed by atoms with E-state index in [0.29, 0.717) is 12.0 Å². The molecular weight excluding hydrogens is 361 g/mol. The van der Waals surface area contributed by atoms with Crippen molar-refractivity contribution in [2.75, 3.05) is 12.4 Å². The first-order valence-electron chi connectivity index (χ1n) is 6.90. The van der Waals surface area contributed by atoms with Crippen molar-refractivity contribution in [1.29, 1.82) is 0 Å². The molecule has 20 heavy (non-hydrogen) atoms. The van der Waals surface area contributed by atoms with E-state index >= 15 is 0 Å². The molecule has 0 amide bonds. The van der Waals surface area contributed by atoms with E-state index in [-0.39, 0.29) is 0 Å². The Labute approximate surface area is 133 Å². The molecule has 0 atom stereocenters. The SMILES string of the molecule is COc1cccc(C2CC(Nc3cccc(I)c3)C2)c1. The van der Waals surface area contributed by atoms with Gasteiger partial charge in [-0.05, 0) is 77.2 Å². The van der Waals surface area contributed by atoms with E-state index in [1.165, 1.54) is 27.7 Å². The minimum Gasteiger partial charge on any atom is -0.497 e. The molecular formula is C17H18INO. The van der Waals surface area contributed by atoms with Crippen LogP contribution in [0.15, 0.2) is 48.5 Å². The highest BCUT2D eigenvalue weighted by Gasteiger charge is 2.30. The van der Waals surface area contributed by atoms with Crippen LogP contribution in [0.2, 0.25) is 0 Å². The lowest BCUT2D eigenvalue weighted by atomic mass is 9.76. The van der Waals surface area contributed by atoms with E-state index in [0.717, 1.165) is 5.75 Å². The van der Waals surface area contributed by atoms with E-state index < -0.39 is 0 Å². The van der Waals surface area contributed by atoms with Crippen molar-refractivity contribution in [1.82, 2.24) is 0 Å². The summed E-state index contributed by atoms with van der Waals surface area (Å²) >= 11 is 2.35. The van der Waals surface area contributed by atoms with Crippen LogP contribution < -0.4 is 10.1 Å². The van der Waals surface area contributed by atoms with Crippen molar-refractivity contribution >= 4 is 28.3 Å². The fourth-order valence-corrected chi connectivity index (χ4v) is 3.26. The molecule has 2 aromatic rings. The molecule has 2 aromatic carbocycles. The molecule has 1 saturated carbocycles. The third kappa shape index (κ3) is 3.08. The fraction of sp³-hybridized carbons (Fsp3) is 0.294. The lowest BCUT2D eigenvalue weighted by Crippen LogP contribution is -2.34. The maximum absolute atomic E-state index is 5.29. The molecule has 1 N–H and O–H groups in total. The Balaban J connectivity index is 1.58. The monoisotopic (exact) mass is 379 g/mol. The molecule has 1 aliphatic carbocycles. The molecule has 1 aliphatic rings. The van der Waals surface area contributed by atoms with Crippen LogP contribution in [0.4, 0.5) is 5.69 Å². The zero-order chi connectivity index (χ0) is 13.9. The number of anilines is 1. The average molecular weight is 379 g/mol. The fourth-order valence-electron chi connectivity index (χ4n) is 2.72. The molecule has 0 radical (unpaired) electrons. The van der Waals surface area contributed by atoms with Gasteiger partial charge < -0.3 is 10.1 Å². The number of methoxy groups -OCH3 is 1. The van der Waals surface area contributed by atoms with E-state index in [1.807, 2.05) is 6.07 Å². The van der Waals surface area contributed by atoms with Gasteiger partial charge in [0.25, 0.3) is 0 Å². The van der Waals surface area contributed by atoms with Gasteiger partial charge in [0.15, 0.2) is 0 Å². The molecule has 0 aromatic heterocycles. The lowest BCUT2D eigenvalue weighted by Gasteiger charge is -2.37. The molecule has 0 aliphatic heterocycles. The summed E-state index contributed by atoms with van der Waals surface area (Å²) in [7, 11) is 1.72. The standard InChI is InChI=1S/C17H18INO/c1-20-17-7-2-4-12(10-17)13-8-16(9-13)19-15-6-3-5-14(18)11-15/h2-7,10-11,13,16,19H,8-9H2,1H3. The number of nitrogens with one attached hydrogen (secondary N) is 1. The van der Waals surface area contributed by atoms with Crippen LogP contribution in [0.25, 0.3) is 0 Å². The van der Waals surface area contributed by atoms with Crippen LogP contribution in [0, 0.1) is 3.57 Å². The minimum absolute atomic E-state index is 0.587. The molecule has 1 fully saturated rings. The van der Waals surface area contributed by atoms with Gasteiger partial charge in [0, 0.05) is 15.3 Å². The summed E-state index contributed by atoms with van der Waals surface area (Å²) in [5.74, 6) is 1.61. The molecule has 2 nitrogen and oxygen atoms in total. The second kappa shape index (κ2) is 6.04. The predicted octanol–water partition coefficient (Wildman–Crippen LogP) is 4.66. The summed E-state index contributed by atoms with van der Waals surface area (Å²) in [5, 5.41) is 3.61. The van der Waals surface area contributed by atoms with Crippen LogP contribution in [0.3, 0.4) is 0 Å². The first-order chi connectivity index (χ1) is 9.74. The molecule has 3 rings (SSSR count). The topological polar surface area (TPSA) is 21.3 Å². The maximum Gasteiger partial charge on any atom is 0.119 e. The van der Waals surface area contributed by atoms with Gasteiger partial charge >= 0.3 is 0 Å². The number of halogens is 1. The number of rotatable bonds is 4. The van der Waals surface area contributed by atoms with Gasteiger partial charge in [-0.1, -0.05) is 18.2 Å². The van der Waals surface area contributed by atoms with Gasteiger partial charge in [0.2, 0.25) is 0 Å². The molecule has 0 unspecified atom stereocenters. The lowest BCUT2D eigenvalue weighted by molar-refractivity contribution is 0.370. The van der Waals surface area contributed by atoms with Gasteiger partial charge in [0.1, 0.15) is 5.75 Å². The first-order valence-corrected chi connectivity index (χ1v) is 7.98. The number of benzene rings is 2. The van der Waals surface area contributed by atoms with E-state index in [2.05, 4.69) is 70.4 Å². The van der Waals surface area contributed by atoms with E-state index in [4.69, 9.17) is 4.74 Å². The van der Waals surface area contributed by atoms with Gasteiger partial charge in [-0.2, -0.15) is 0 Å². The van der Waals surface area contributed by atoms with Crippen molar-refractivity contribution in [2.45, 2.75) is 24.8 Å². The molecule has 3 heteroatoms. The van der Waals surface area contributed by atoms with Crippen LogP contribution in [0.1, 0.15) is 24.3 Å². The summed E-state index contributed by atoms with van der Waals surface area (Å²) in [5.41, 5.74) is 2.62. The molecule has 0 heterocycles. The normalized spacial score (nSPS) is 21.1. The Morgan fingerprint density at radius 1 is 1.10 bits per heavy atom. The van der Waals surface area contributed by atoms with E-state index in [9.17, 15) is 0 Å². The Bertz CT molecular complexity index is 593. The Morgan fingerprint density at radius 3 is 2.65 bits per heavy atom. The van der Waals surface area contributed by atoms with Crippen molar-refractivity contribution in [3.8, 4) is 5.75 Å². The van der Waals surface area contributed by atoms with E-state index in [1.54, 1.807) is 7.11 Å². The summed E-state index contributed by atoms with van der Waals surface area (Å²) < 4.78 is 6.57. The third-order valence-corrected chi connectivity index (χ3v) is 4.57. The Hall–Kier alpha value is -1.23. The largest absolute Gasteiger partial charge is 0.497 e. The van der Waals surface area contributed by atoms with Gasteiger partial charge in [-0.25, -0.2) is 0 Å². The maximum atomic E-state index is 5.29. The zero-order valence-corrected chi connectivity index (χ0v) is 13.6. The van der Waals surface area contributed by atoms with Gasteiger partial charge in [-0.15, -0.1) is 0 Å². The number of hydrogen-bond donors (Lipinski definition) is 1. The summed E-state index contributed by atoms with van der Waals surface area (Å²) in [4.78, 5) is 0. The van der Waals surface area contributed by atoms with Crippen LogP contribution >= 0.6 is 22.6 Å². The van der Waals surface area contributed by atoms with Crippen LogP contribution in [-0.2, 0) is 0 Å². The quantitative estimate of drug-likeness (QED) is 0.781. The van der Waals surface area contributed by atoms with Crippen LogP contribution in [-0.4, -0.2) is 13.2 Å². The second-order valence-electron chi connectivity index (χ2n) is 5.30. The predicted molar refractivity (Wildman–Crippen MR) is 91.5 cm³/mol. The molecule has 0 spiro atoms. The van der Waals surface area contributed by atoms with Crippen molar-refractivity contribution in [2.24, 2.45) is 0 Å². The smallest absolute Gasteiger partial charge is 0.119 e. The molecule has 0 saturated heterocycles. The highest BCUT2D eigenvalue weighted by Crippen LogP contribution is 2.39. The summed E-state index contributed by atoms with van der Waals surface area (Å²) in [6.07, 6.45) is 2.39. The van der Waals surface area contributed by atoms with Crippen molar-refractivity contribution in [3.63, 3.8) is 0 Å². The van der Waals surface area contributed by atoms with Gasteiger partial charge in [0.05, 0.1) is 7.11 Å². The van der Waals surface area contributed by atoms with Crippen LogP contribution in [0.5, 0.6) is 5.75 Å². The summed E-state index contributed by atoms with van der Waals surface area (Å²) in [6, 6.07) is 17.6. The summed E-state index contributed by atoms with van der Waals surface area (Å²) in [6.45, 7) is 0. The number of hydrogen-bond acceptors (Lipinski definition) is 2. The average Bonchev–Trinajstić information content (AvgIpc) is 2.42. The zero-order valence-electron chi connectivity index (χ0n) is 11.5. The highest BCUT2D eigenvalue weighted by molar-refractivity contribution is 14.1. The highest BCUT2D eigenvalue weighted by atomic mass is 127. The second-order valence-corrected chi connectivity index (χ2v) is 6.54. The number of ether oxygens (including phenoxy) is 1. The van der Waals surface area contributed by atoms with Gasteiger partial charge in [-0.3, -0.25) is 0 Å². The molecule has 0 bridgehead atoms. The first kappa shape index (κ1) is 13.7. The minimum atomic E-state index is 0.587. The van der Waals surface area contributed by atoms with Crippen molar-refractivity contribution < 1.29 is 4.74 Å². The van der Waals surface area contributed by atoms with Crippen molar-refractivity contribution in [3.05, 3.63) is 57.7 Å². The Kier molecular flexibility index (Phi) is 4.15. The third-order valence-electron chi connectivity index (χ3n) is 3.90. The Morgan fingerprint density at radius 2 is 1.90 bits per heavy atom. The molecule has 104 valence electrons.